The zero-order chi connectivity index (χ0) is 28.4. The number of benzene rings is 3. The van der Waals surface area contributed by atoms with E-state index < -0.39 is 0 Å². The van der Waals surface area contributed by atoms with E-state index in [0.717, 1.165) is 53.9 Å². The van der Waals surface area contributed by atoms with E-state index in [2.05, 4.69) is 48.3 Å². The number of hydrogen-bond acceptors (Lipinski definition) is 9. The van der Waals surface area contributed by atoms with E-state index >= 15 is 0 Å². The van der Waals surface area contributed by atoms with Gasteiger partial charge in [0.1, 0.15) is 5.03 Å². The Labute approximate surface area is 249 Å². The van der Waals surface area contributed by atoms with Crippen LogP contribution in [0.15, 0.2) is 88.9 Å². The lowest BCUT2D eigenvalue weighted by Gasteiger charge is -2.28. The topological polar surface area (TPSA) is 103 Å². The Hall–Kier alpha value is -3.99. The van der Waals surface area contributed by atoms with Crippen LogP contribution in [0.3, 0.4) is 0 Å². The molecule has 1 aliphatic rings. The highest BCUT2D eigenvalue weighted by molar-refractivity contribution is 7.99. The van der Waals surface area contributed by atoms with Gasteiger partial charge in [-0.05, 0) is 72.8 Å². The molecule has 1 amide bonds. The minimum Gasteiger partial charge on any atom is -0.388 e. The molecule has 5 rings (SSSR count). The van der Waals surface area contributed by atoms with Crippen molar-refractivity contribution in [1.29, 1.82) is 0 Å². The van der Waals surface area contributed by atoms with Crippen LogP contribution in [0.25, 0.3) is 0 Å². The molecule has 1 fully saturated rings. The van der Waals surface area contributed by atoms with Gasteiger partial charge in [0, 0.05) is 66.4 Å². The third-order valence-corrected chi connectivity index (χ3v) is 7.82. The largest absolute Gasteiger partial charge is 0.388 e. The lowest BCUT2D eigenvalue weighted by Crippen LogP contribution is -2.36. The van der Waals surface area contributed by atoms with Gasteiger partial charge in [0.2, 0.25) is 11.9 Å². The zero-order valence-corrected chi connectivity index (χ0v) is 24.3. The molecule has 0 atom stereocenters. The number of carbonyl (C=O) groups is 1. The summed E-state index contributed by atoms with van der Waals surface area (Å²) in [6, 6.07) is 23.7. The molecule has 0 unspecified atom stereocenters. The van der Waals surface area contributed by atoms with E-state index in [1.54, 1.807) is 6.20 Å². The summed E-state index contributed by atoms with van der Waals surface area (Å²) in [5, 5.41) is 13.7. The summed E-state index contributed by atoms with van der Waals surface area (Å²) in [5.74, 6) is 0.403. The second-order valence-corrected chi connectivity index (χ2v) is 10.8. The van der Waals surface area contributed by atoms with Crippen LogP contribution in [0.1, 0.15) is 6.42 Å². The van der Waals surface area contributed by atoms with E-state index in [0.29, 0.717) is 29.0 Å². The van der Waals surface area contributed by atoms with E-state index in [4.69, 9.17) is 16.3 Å². The number of nitrogens with one attached hydrogen (secondary N) is 4. The summed E-state index contributed by atoms with van der Waals surface area (Å²) in [4.78, 5) is 24.6. The van der Waals surface area contributed by atoms with Crippen LogP contribution in [0, 0.1) is 0 Å². The van der Waals surface area contributed by atoms with Gasteiger partial charge >= 0.3 is 0 Å². The number of halogens is 1. The molecule has 9 nitrogen and oxygen atoms in total. The molecule has 0 bridgehead atoms. The fourth-order valence-electron chi connectivity index (χ4n) is 4.21. The van der Waals surface area contributed by atoms with E-state index in [1.165, 1.54) is 17.4 Å². The Morgan fingerprint density at radius 1 is 0.927 bits per heavy atom. The van der Waals surface area contributed by atoms with Crippen LogP contribution in [-0.2, 0) is 9.53 Å². The number of aromatic nitrogens is 2. The fraction of sp³-hybridized carbons (Fsp3) is 0.233. The molecule has 2 heterocycles. The van der Waals surface area contributed by atoms with E-state index in [9.17, 15) is 4.79 Å². The summed E-state index contributed by atoms with van der Waals surface area (Å²) in [6.07, 6.45) is 1.94. The first kappa shape index (κ1) is 28.5. The molecule has 212 valence electrons. The third-order valence-electron chi connectivity index (χ3n) is 6.42. The molecule has 1 aliphatic heterocycles. The van der Waals surface area contributed by atoms with Gasteiger partial charge in [-0.2, -0.15) is 0 Å². The van der Waals surface area contributed by atoms with Gasteiger partial charge < -0.3 is 30.9 Å². The van der Waals surface area contributed by atoms with Gasteiger partial charge in [-0.3, -0.25) is 4.79 Å². The van der Waals surface area contributed by atoms with Crippen molar-refractivity contribution in [2.24, 2.45) is 0 Å². The maximum Gasteiger partial charge on any atom is 0.228 e. The molecule has 11 heteroatoms. The van der Waals surface area contributed by atoms with Gasteiger partial charge in [0.15, 0.2) is 0 Å². The van der Waals surface area contributed by atoms with Crippen molar-refractivity contribution >= 4 is 63.7 Å². The maximum atomic E-state index is 12.5. The number of carbonyl (C=O) groups excluding carboxylic acids is 1. The van der Waals surface area contributed by atoms with Crippen LogP contribution in [0.2, 0.25) is 5.02 Å². The Balaban J connectivity index is 1.08. The standard InChI is InChI=1S/C30H32ClN7O2S/c1-32-21-2-4-24(5-3-21)36-30-34-20-27(31)29(37-30)41-26-12-8-23(9-13-26)35-28(39)14-15-33-22-6-10-25(11-7-22)38-16-18-40-19-17-38/h2-13,20,32-33H,14-19H2,1H3,(H,35,39)(H,34,36,37). The van der Waals surface area contributed by atoms with Crippen molar-refractivity contribution in [3.05, 3.63) is 84.0 Å². The minimum atomic E-state index is -0.0554. The Morgan fingerprint density at radius 3 is 2.29 bits per heavy atom. The Bertz CT molecular complexity index is 1430. The summed E-state index contributed by atoms with van der Waals surface area (Å²) in [7, 11) is 1.88. The first-order chi connectivity index (χ1) is 20.1. The fourth-order valence-corrected chi connectivity index (χ4v) is 5.19. The highest BCUT2D eigenvalue weighted by Gasteiger charge is 2.11. The first-order valence-electron chi connectivity index (χ1n) is 13.4. The van der Waals surface area contributed by atoms with Gasteiger partial charge in [0.25, 0.3) is 0 Å². The smallest absolute Gasteiger partial charge is 0.228 e. The molecule has 3 aromatic carbocycles. The predicted molar refractivity (Wildman–Crippen MR) is 168 cm³/mol. The van der Waals surface area contributed by atoms with E-state index in [-0.39, 0.29) is 5.91 Å². The number of rotatable bonds is 11. The minimum absolute atomic E-state index is 0.0554. The Morgan fingerprint density at radius 2 is 1.59 bits per heavy atom. The van der Waals surface area contributed by atoms with Gasteiger partial charge in [0.05, 0.1) is 24.4 Å². The van der Waals surface area contributed by atoms with Crippen LogP contribution in [0.5, 0.6) is 0 Å². The Kier molecular flexibility index (Phi) is 9.79. The molecule has 1 saturated heterocycles. The van der Waals surface area contributed by atoms with Gasteiger partial charge in [-0.25, -0.2) is 9.97 Å². The lowest BCUT2D eigenvalue weighted by atomic mass is 10.2. The van der Waals surface area contributed by atoms with Crippen molar-refractivity contribution in [2.75, 3.05) is 66.1 Å². The first-order valence-corrected chi connectivity index (χ1v) is 14.6. The quantitative estimate of drug-likeness (QED) is 0.149. The van der Waals surface area contributed by atoms with Crippen LogP contribution in [-0.4, -0.2) is 55.8 Å². The molecule has 4 N–H and O–H groups in total. The van der Waals surface area contributed by atoms with Crippen molar-refractivity contribution in [3.63, 3.8) is 0 Å². The zero-order valence-electron chi connectivity index (χ0n) is 22.7. The molecule has 0 aliphatic carbocycles. The number of hydrogen-bond donors (Lipinski definition) is 4. The molecule has 41 heavy (non-hydrogen) atoms. The van der Waals surface area contributed by atoms with Crippen LogP contribution >= 0.6 is 23.4 Å². The van der Waals surface area contributed by atoms with Crippen molar-refractivity contribution < 1.29 is 9.53 Å². The second-order valence-electron chi connectivity index (χ2n) is 9.30. The normalized spacial score (nSPS) is 13.0. The highest BCUT2D eigenvalue weighted by atomic mass is 35.5. The number of anilines is 6. The third kappa shape index (κ3) is 8.26. The van der Waals surface area contributed by atoms with Gasteiger partial charge in [-0.15, -0.1) is 0 Å². The monoisotopic (exact) mass is 589 g/mol. The molecule has 0 spiro atoms. The SMILES string of the molecule is CNc1ccc(Nc2ncc(Cl)c(Sc3ccc(NC(=O)CCNc4ccc(N5CCOCC5)cc4)cc3)n2)cc1. The molecular formula is C30H32ClN7O2S. The van der Waals surface area contributed by atoms with E-state index in [1.807, 2.05) is 67.7 Å². The maximum absolute atomic E-state index is 12.5. The van der Waals surface area contributed by atoms with Crippen molar-refractivity contribution in [2.45, 2.75) is 16.3 Å². The van der Waals surface area contributed by atoms with Crippen LogP contribution in [0.4, 0.5) is 34.4 Å². The predicted octanol–water partition coefficient (Wildman–Crippen LogP) is 6.34. The molecule has 1 aromatic heterocycles. The van der Waals surface area contributed by atoms with Crippen molar-refractivity contribution in [1.82, 2.24) is 9.97 Å². The second kappa shape index (κ2) is 14.1. The lowest BCUT2D eigenvalue weighted by molar-refractivity contribution is -0.115. The summed E-state index contributed by atoms with van der Waals surface area (Å²) < 4.78 is 5.42. The number of morpholine rings is 1. The van der Waals surface area contributed by atoms with Gasteiger partial charge in [-0.1, -0.05) is 23.4 Å². The number of amides is 1. The summed E-state index contributed by atoms with van der Waals surface area (Å²) in [6.45, 7) is 3.88. The molecule has 0 radical (unpaired) electrons. The molecule has 4 aromatic rings. The average Bonchev–Trinajstić information content (AvgIpc) is 3.01. The molecule has 0 saturated carbocycles. The van der Waals surface area contributed by atoms with Crippen LogP contribution < -0.4 is 26.2 Å². The highest BCUT2D eigenvalue weighted by Crippen LogP contribution is 2.33. The number of nitrogens with zero attached hydrogens (tertiary/aromatic N) is 3. The number of ether oxygens (including phenoxy) is 1. The summed E-state index contributed by atoms with van der Waals surface area (Å²) >= 11 is 7.80. The van der Waals surface area contributed by atoms with Crippen molar-refractivity contribution in [3.8, 4) is 0 Å². The summed E-state index contributed by atoms with van der Waals surface area (Å²) in [5.41, 5.74) is 4.80. The average molecular weight is 590 g/mol. The molecular weight excluding hydrogens is 558 g/mol.